The van der Waals surface area contributed by atoms with Crippen LogP contribution in [0.25, 0.3) is 0 Å². The number of rotatable bonds is 5. The third-order valence-corrected chi connectivity index (χ3v) is 2.69. The fraction of sp³-hybridized carbons (Fsp3) is 0.727. The van der Waals surface area contributed by atoms with E-state index in [9.17, 15) is 14.4 Å². The van der Waals surface area contributed by atoms with E-state index in [1.54, 1.807) is 13.8 Å². The van der Waals surface area contributed by atoms with Crippen molar-refractivity contribution in [1.82, 2.24) is 10.6 Å². The van der Waals surface area contributed by atoms with Crippen LogP contribution in [0, 0.1) is 0 Å². The van der Waals surface area contributed by atoms with Crippen molar-refractivity contribution in [3.8, 4) is 0 Å². The smallest absolute Gasteiger partial charge is 0.332 e. The molecule has 1 rings (SSSR count). The lowest BCUT2D eigenvalue weighted by Crippen LogP contribution is -2.48. The van der Waals surface area contributed by atoms with Crippen LogP contribution in [-0.4, -0.2) is 47.7 Å². The van der Waals surface area contributed by atoms with Crippen LogP contribution < -0.4 is 10.6 Å². The average Bonchev–Trinajstić information content (AvgIpc) is 2.78. The molecule has 3 N–H and O–H groups in total. The number of ether oxygens (including phenoxy) is 1. The largest absolute Gasteiger partial charge is 0.479 e. The molecule has 0 aromatic heterocycles. The van der Waals surface area contributed by atoms with Crippen LogP contribution in [0.2, 0.25) is 0 Å². The molecule has 0 radical (unpaired) electrons. The lowest BCUT2D eigenvalue weighted by atomic mass is 10.2. The van der Waals surface area contributed by atoms with Gasteiger partial charge >= 0.3 is 5.97 Å². The molecular weight excluding hydrogens is 240 g/mol. The molecule has 18 heavy (non-hydrogen) atoms. The van der Waals surface area contributed by atoms with E-state index < -0.39 is 30.1 Å². The zero-order valence-electron chi connectivity index (χ0n) is 10.4. The van der Waals surface area contributed by atoms with Crippen LogP contribution >= 0.6 is 0 Å². The molecule has 0 saturated carbocycles. The molecule has 7 nitrogen and oxygen atoms in total. The molecule has 0 spiro atoms. The molecule has 2 amide bonds. The Labute approximate surface area is 105 Å². The topological polar surface area (TPSA) is 105 Å². The molecule has 1 fully saturated rings. The monoisotopic (exact) mass is 258 g/mol. The minimum absolute atomic E-state index is 0.279. The highest BCUT2D eigenvalue weighted by molar-refractivity contribution is 5.89. The number of likely N-dealkylation sites (N-methyl/N-ethyl adjacent to an activating group) is 1. The SMILES string of the molecule is CCNC(=O)C(C)NC(=O)C1CCC(C(=O)O)O1. The first-order valence-electron chi connectivity index (χ1n) is 5.92. The molecular formula is C11H18N2O5. The maximum Gasteiger partial charge on any atom is 0.332 e. The standard InChI is InChI=1S/C11H18N2O5/c1-3-12-9(14)6(2)13-10(15)7-4-5-8(18-7)11(16)17/h6-8H,3-5H2,1-2H3,(H,12,14)(H,13,15)(H,16,17). The third kappa shape index (κ3) is 3.69. The summed E-state index contributed by atoms with van der Waals surface area (Å²) in [4.78, 5) is 33.8. The summed E-state index contributed by atoms with van der Waals surface area (Å²) in [5.74, 6) is -1.79. The van der Waals surface area contributed by atoms with E-state index in [1.165, 1.54) is 0 Å². The molecule has 0 aromatic rings. The molecule has 102 valence electrons. The van der Waals surface area contributed by atoms with Crippen molar-refractivity contribution >= 4 is 17.8 Å². The number of nitrogens with one attached hydrogen (secondary N) is 2. The lowest BCUT2D eigenvalue weighted by Gasteiger charge is -2.16. The Bertz CT molecular complexity index is 344. The fourth-order valence-electron chi connectivity index (χ4n) is 1.71. The predicted octanol–water partition coefficient (Wildman–Crippen LogP) is -0.741. The van der Waals surface area contributed by atoms with E-state index in [4.69, 9.17) is 9.84 Å². The molecule has 0 aromatic carbocycles. The highest BCUT2D eigenvalue weighted by Gasteiger charge is 2.35. The van der Waals surface area contributed by atoms with Crippen molar-refractivity contribution in [3.05, 3.63) is 0 Å². The van der Waals surface area contributed by atoms with Gasteiger partial charge in [-0.15, -0.1) is 0 Å². The van der Waals surface area contributed by atoms with Crippen LogP contribution in [0.4, 0.5) is 0 Å². The summed E-state index contributed by atoms with van der Waals surface area (Å²) in [7, 11) is 0. The zero-order valence-corrected chi connectivity index (χ0v) is 10.4. The van der Waals surface area contributed by atoms with Gasteiger partial charge in [-0.25, -0.2) is 4.79 Å². The molecule has 1 aliphatic heterocycles. The molecule has 1 heterocycles. The minimum Gasteiger partial charge on any atom is -0.479 e. The Hall–Kier alpha value is -1.63. The molecule has 0 bridgehead atoms. The van der Waals surface area contributed by atoms with Gasteiger partial charge in [0.25, 0.3) is 0 Å². The van der Waals surface area contributed by atoms with Crippen LogP contribution in [0.5, 0.6) is 0 Å². The minimum atomic E-state index is -1.07. The lowest BCUT2D eigenvalue weighted by molar-refractivity contribution is -0.152. The first kappa shape index (κ1) is 14.4. The average molecular weight is 258 g/mol. The van der Waals surface area contributed by atoms with Crippen LogP contribution in [0.3, 0.4) is 0 Å². The Morgan fingerprint density at radius 1 is 1.33 bits per heavy atom. The second-order valence-corrected chi connectivity index (χ2v) is 4.15. The summed E-state index contributed by atoms with van der Waals surface area (Å²) in [5, 5.41) is 13.8. The van der Waals surface area contributed by atoms with Gasteiger partial charge in [0.05, 0.1) is 0 Å². The number of amides is 2. The number of aliphatic carboxylic acids is 1. The molecule has 3 atom stereocenters. The Kier molecular flexibility index (Phi) is 5.08. The first-order valence-corrected chi connectivity index (χ1v) is 5.92. The number of hydrogen-bond donors (Lipinski definition) is 3. The summed E-state index contributed by atoms with van der Waals surface area (Å²) < 4.78 is 5.08. The summed E-state index contributed by atoms with van der Waals surface area (Å²) in [6, 6.07) is -0.662. The van der Waals surface area contributed by atoms with Gasteiger partial charge < -0.3 is 20.5 Å². The maximum absolute atomic E-state index is 11.7. The molecule has 7 heteroatoms. The Balaban J connectivity index is 2.42. The van der Waals surface area contributed by atoms with Gasteiger partial charge in [-0.3, -0.25) is 9.59 Å². The van der Waals surface area contributed by atoms with Crippen molar-refractivity contribution in [1.29, 1.82) is 0 Å². The summed E-state index contributed by atoms with van der Waals surface area (Å²) >= 11 is 0. The third-order valence-electron chi connectivity index (χ3n) is 2.69. The van der Waals surface area contributed by atoms with Gasteiger partial charge in [0, 0.05) is 6.54 Å². The van der Waals surface area contributed by atoms with Gasteiger partial charge in [-0.1, -0.05) is 0 Å². The van der Waals surface area contributed by atoms with E-state index in [1.807, 2.05) is 0 Å². The zero-order chi connectivity index (χ0) is 13.7. The quantitative estimate of drug-likeness (QED) is 0.602. The van der Waals surface area contributed by atoms with E-state index in [2.05, 4.69) is 10.6 Å². The van der Waals surface area contributed by atoms with Crippen LogP contribution in [0.15, 0.2) is 0 Å². The van der Waals surface area contributed by atoms with Crippen LogP contribution in [0.1, 0.15) is 26.7 Å². The highest BCUT2D eigenvalue weighted by atomic mass is 16.5. The second-order valence-electron chi connectivity index (χ2n) is 4.15. The van der Waals surface area contributed by atoms with Gasteiger partial charge in [0.2, 0.25) is 11.8 Å². The molecule has 1 saturated heterocycles. The van der Waals surface area contributed by atoms with Gasteiger partial charge in [-0.05, 0) is 26.7 Å². The molecule has 0 aliphatic carbocycles. The van der Waals surface area contributed by atoms with Crippen molar-refractivity contribution in [2.75, 3.05) is 6.54 Å². The number of carboxylic acids is 1. The fourth-order valence-corrected chi connectivity index (χ4v) is 1.71. The van der Waals surface area contributed by atoms with Crippen molar-refractivity contribution in [2.24, 2.45) is 0 Å². The highest BCUT2D eigenvalue weighted by Crippen LogP contribution is 2.19. The number of carboxylic acid groups (broad SMARTS) is 1. The number of carbonyl (C=O) groups excluding carboxylic acids is 2. The van der Waals surface area contributed by atoms with E-state index in [-0.39, 0.29) is 5.91 Å². The Morgan fingerprint density at radius 2 is 1.94 bits per heavy atom. The van der Waals surface area contributed by atoms with Crippen molar-refractivity contribution in [2.45, 2.75) is 44.9 Å². The second kappa shape index (κ2) is 6.34. The van der Waals surface area contributed by atoms with Gasteiger partial charge in [0.15, 0.2) is 6.10 Å². The summed E-state index contributed by atoms with van der Waals surface area (Å²) in [5.41, 5.74) is 0. The predicted molar refractivity (Wildman–Crippen MR) is 61.8 cm³/mol. The van der Waals surface area contributed by atoms with Gasteiger partial charge in [-0.2, -0.15) is 0 Å². The van der Waals surface area contributed by atoms with E-state index in [0.29, 0.717) is 19.4 Å². The molecule has 3 unspecified atom stereocenters. The maximum atomic E-state index is 11.7. The van der Waals surface area contributed by atoms with Crippen LogP contribution in [-0.2, 0) is 19.1 Å². The van der Waals surface area contributed by atoms with Crippen molar-refractivity contribution < 1.29 is 24.2 Å². The molecule has 1 aliphatic rings. The van der Waals surface area contributed by atoms with Crippen molar-refractivity contribution in [3.63, 3.8) is 0 Å². The summed E-state index contributed by atoms with van der Waals surface area (Å²) in [6.45, 7) is 3.83. The summed E-state index contributed by atoms with van der Waals surface area (Å²) in [6.07, 6.45) is -1.06. The first-order chi connectivity index (χ1) is 8.45. The number of carbonyl (C=O) groups is 3. The number of hydrogen-bond acceptors (Lipinski definition) is 4. The normalized spacial score (nSPS) is 24.3. The van der Waals surface area contributed by atoms with E-state index >= 15 is 0 Å². The van der Waals surface area contributed by atoms with Gasteiger partial charge in [0.1, 0.15) is 12.1 Å². The Morgan fingerprint density at radius 3 is 2.44 bits per heavy atom. The van der Waals surface area contributed by atoms with E-state index in [0.717, 1.165) is 0 Å².